The summed E-state index contributed by atoms with van der Waals surface area (Å²) in [6.45, 7) is 0.813. The van der Waals surface area contributed by atoms with Crippen LogP contribution >= 0.6 is 0 Å². The number of carboxylic acid groups (broad SMARTS) is 1. The van der Waals surface area contributed by atoms with Crippen molar-refractivity contribution in [2.45, 2.75) is 38.3 Å². The van der Waals surface area contributed by atoms with E-state index >= 15 is 0 Å². The summed E-state index contributed by atoms with van der Waals surface area (Å²) in [6.07, 6.45) is -2.77. The van der Waals surface area contributed by atoms with E-state index in [-0.39, 0.29) is 25.4 Å². The smallest absolute Gasteiger partial charge is 0.389 e. The van der Waals surface area contributed by atoms with Crippen molar-refractivity contribution < 1.29 is 32.6 Å². The molecule has 3 heterocycles. The van der Waals surface area contributed by atoms with Gasteiger partial charge in [0.1, 0.15) is 11.4 Å². The lowest BCUT2D eigenvalue weighted by molar-refractivity contribution is -0.142. The number of aliphatic carboxylic acids is 1. The van der Waals surface area contributed by atoms with Gasteiger partial charge >= 0.3 is 12.1 Å². The maximum Gasteiger partial charge on any atom is 0.389 e. The van der Waals surface area contributed by atoms with E-state index in [0.717, 1.165) is 0 Å². The van der Waals surface area contributed by atoms with E-state index < -0.39 is 24.5 Å². The van der Waals surface area contributed by atoms with E-state index in [1.807, 2.05) is 4.90 Å². The van der Waals surface area contributed by atoms with Gasteiger partial charge in [0.2, 0.25) is 0 Å². The van der Waals surface area contributed by atoms with Gasteiger partial charge in [-0.2, -0.15) is 13.2 Å². The highest BCUT2D eigenvalue weighted by atomic mass is 19.4. The third-order valence-electron chi connectivity index (χ3n) is 5.73. The quantitative estimate of drug-likeness (QED) is 0.672. The molecule has 0 atom stereocenters. The van der Waals surface area contributed by atoms with Crippen LogP contribution in [0.5, 0.6) is 5.75 Å². The highest BCUT2D eigenvalue weighted by Crippen LogP contribution is 2.36. The molecule has 0 spiro atoms. The van der Waals surface area contributed by atoms with Crippen molar-refractivity contribution in [1.82, 2.24) is 9.97 Å². The molecular formula is C22H23F3N4O4. The lowest BCUT2D eigenvalue weighted by Crippen LogP contribution is -2.37. The molecular weight excluding hydrogens is 441 g/mol. The zero-order chi connectivity index (χ0) is 23.6. The van der Waals surface area contributed by atoms with Crippen molar-refractivity contribution in [2.75, 3.05) is 29.9 Å². The Bertz CT molecular complexity index is 1050. The van der Waals surface area contributed by atoms with Crippen LogP contribution in [0.4, 0.5) is 24.7 Å². The maximum absolute atomic E-state index is 12.5. The monoisotopic (exact) mass is 464 g/mol. The van der Waals surface area contributed by atoms with E-state index in [4.69, 9.17) is 4.74 Å². The molecule has 0 radical (unpaired) electrons. The number of hydrogen-bond donors (Lipinski definition) is 2. The van der Waals surface area contributed by atoms with Crippen LogP contribution in [-0.4, -0.2) is 52.8 Å². The number of aryl methyl sites for hydroxylation is 1. The summed E-state index contributed by atoms with van der Waals surface area (Å²) >= 11 is 0. The Kier molecular flexibility index (Phi) is 6.39. The topological polar surface area (TPSA) is 105 Å². The number of nitrogens with zero attached hydrogens (tertiary/aromatic N) is 3. The summed E-state index contributed by atoms with van der Waals surface area (Å²) in [7, 11) is 0. The number of alkyl halides is 3. The molecule has 33 heavy (non-hydrogen) atoms. The predicted octanol–water partition coefficient (Wildman–Crippen LogP) is 3.66. The van der Waals surface area contributed by atoms with Gasteiger partial charge in [0.25, 0.3) is 5.91 Å². The Hall–Kier alpha value is -3.37. The molecule has 1 saturated heterocycles. The van der Waals surface area contributed by atoms with E-state index in [2.05, 4.69) is 15.3 Å². The Morgan fingerprint density at radius 3 is 2.73 bits per heavy atom. The highest BCUT2D eigenvalue weighted by Gasteiger charge is 2.29. The number of amides is 1. The number of fused-ring (bicyclic) bond motifs is 1. The summed E-state index contributed by atoms with van der Waals surface area (Å²) in [6, 6.07) is 5.20. The zero-order valence-electron chi connectivity index (χ0n) is 17.7. The number of hydrogen-bond acceptors (Lipinski definition) is 6. The standard InChI is InChI=1S/C22H23F3N4O4/c23-22(24,25)7-1-2-15-11-26-19(14-3-4-17-16(10-14)28-18(30)12-33-17)20(27-15)29-8-5-13(6-9-29)21(31)32/h3-4,10-11,13H,1-2,5-9,12H2,(H,28,30)(H,31,32). The number of carbonyl (C=O) groups excluding carboxylic acids is 1. The van der Waals surface area contributed by atoms with Crippen molar-refractivity contribution in [3.8, 4) is 17.0 Å². The summed E-state index contributed by atoms with van der Waals surface area (Å²) in [5.41, 5.74) is 2.10. The number of anilines is 2. The van der Waals surface area contributed by atoms with Crippen molar-refractivity contribution in [1.29, 1.82) is 0 Å². The fraction of sp³-hybridized carbons (Fsp3) is 0.455. The number of halogens is 3. The van der Waals surface area contributed by atoms with Gasteiger partial charge in [-0.3, -0.25) is 14.6 Å². The van der Waals surface area contributed by atoms with Crippen LogP contribution < -0.4 is 15.0 Å². The lowest BCUT2D eigenvalue weighted by atomic mass is 9.96. The minimum absolute atomic E-state index is 0.0669. The van der Waals surface area contributed by atoms with Gasteiger partial charge in [-0.15, -0.1) is 0 Å². The number of aromatic nitrogens is 2. The average Bonchev–Trinajstić information content (AvgIpc) is 2.77. The first kappa shape index (κ1) is 22.8. The van der Waals surface area contributed by atoms with Crippen LogP contribution in [0.15, 0.2) is 24.4 Å². The molecule has 11 heteroatoms. The van der Waals surface area contributed by atoms with Gasteiger partial charge in [-0.05, 0) is 43.9 Å². The van der Waals surface area contributed by atoms with E-state index in [9.17, 15) is 27.9 Å². The summed E-state index contributed by atoms with van der Waals surface area (Å²) in [4.78, 5) is 34.1. The number of carboxylic acids is 1. The largest absolute Gasteiger partial charge is 0.482 e. The van der Waals surface area contributed by atoms with Gasteiger partial charge in [0, 0.05) is 31.3 Å². The second-order valence-electron chi connectivity index (χ2n) is 8.15. The molecule has 8 nitrogen and oxygen atoms in total. The molecule has 2 aromatic rings. The second-order valence-corrected chi connectivity index (χ2v) is 8.15. The van der Waals surface area contributed by atoms with Crippen LogP contribution in [0.25, 0.3) is 11.3 Å². The molecule has 0 aliphatic carbocycles. The van der Waals surface area contributed by atoms with Crippen LogP contribution in [-0.2, 0) is 16.0 Å². The van der Waals surface area contributed by atoms with Gasteiger partial charge in [-0.25, -0.2) is 4.98 Å². The van der Waals surface area contributed by atoms with Gasteiger partial charge in [-0.1, -0.05) is 0 Å². The van der Waals surface area contributed by atoms with E-state index in [1.165, 1.54) is 6.20 Å². The van der Waals surface area contributed by atoms with Crippen LogP contribution in [0.3, 0.4) is 0 Å². The molecule has 1 amide bonds. The molecule has 2 aliphatic heterocycles. The average molecular weight is 464 g/mol. The first-order chi connectivity index (χ1) is 15.7. The Morgan fingerprint density at radius 2 is 2.03 bits per heavy atom. The molecule has 0 bridgehead atoms. The lowest BCUT2D eigenvalue weighted by Gasteiger charge is -2.32. The third kappa shape index (κ3) is 5.52. The molecule has 2 aliphatic rings. The van der Waals surface area contributed by atoms with Crippen LogP contribution in [0.1, 0.15) is 31.4 Å². The SMILES string of the molecule is O=C1COc2ccc(-c3ncc(CCCC(F)(F)F)nc3N3CCC(C(=O)O)CC3)cc2N1. The molecule has 0 saturated carbocycles. The molecule has 1 fully saturated rings. The van der Waals surface area contributed by atoms with E-state index in [1.54, 1.807) is 18.2 Å². The molecule has 2 N–H and O–H groups in total. The number of ether oxygens (including phenoxy) is 1. The minimum atomic E-state index is -4.23. The molecule has 4 rings (SSSR count). The number of benzene rings is 1. The minimum Gasteiger partial charge on any atom is -0.482 e. The highest BCUT2D eigenvalue weighted by molar-refractivity contribution is 5.96. The van der Waals surface area contributed by atoms with Crippen LogP contribution in [0, 0.1) is 5.92 Å². The molecule has 1 aromatic heterocycles. The summed E-state index contributed by atoms with van der Waals surface area (Å²) < 4.78 is 43.0. The first-order valence-electron chi connectivity index (χ1n) is 10.7. The summed E-state index contributed by atoms with van der Waals surface area (Å²) in [5, 5.41) is 12.0. The van der Waals surface area contributed by atoms with Crippen molar-refractivity contribution in [3.63, 3.8) is 0 Å². The normalized spacial score (nSPS) is 16.7. The summed E-state index contributed by atoms with van der Waals surface area (Å²) in [5.74, 6) is -0.539. The molecule has 1 aromatic carbocycles. The van der Waals surface area contributed by atoms with Gasteiger partial charge < -0.3 is 20.1 Å². The third-order valence-corrected chi connectivity index (χ3v) is 5.73. The number of piperidine rings is 1. The molecule has 0 unspecified atom stereocenters. The van der Waals surface area contributed by atoms with Crippen molar-refractivity contribution >= 4 is 23.4 Å². The van der Waals surface area contributed by atoms with Crippen molar-refractivity contribution in [2.24, 2.45) is 5.92 Å². The predicted molar refractivity (Wildman–Crippen MR) is 113 cm³/mol. The first-order valence-corrected chi connectivity index (χ1v) is 10.7. The van der Waals surface area contributed by atoms with Gasteiger partial charge in [0.05, 0.1) is 17.3 Å². The maximum atomic E-state index is 12.5. The number of carbonyl (C=O) groups is 2. The second kappa shape index (κ2) is 9.24. The fourth-order valence-electron chi connectivity index (χ4n) is 4.00. The Morgan fingerprint density at radius 1 is 1.27 bits per heavy atom. The number of rotatable bonds is 6. The fourth-order valence-corrected chi connectivity index (χ4v) is 4.00. The Labute approximate surface area is 187 Å². The van der Waals surface area contributed by atoms with Crippen LogP contribution in [0.2, 0.25) is 0 Å². The Balaban J connectivity index is 1.64. The van der Waals surface area contributed by atoms with E-state index in [0.29, 0.717) is 60.1 Å². The zero-order valence-corrected chi connectivity index (χ0v) is 17.7. The number of nitrogens with one attached hydrogen (secondary N) is 1. The van der Waals surface area contributed by atoms with Gasteiger partial charge in [0.15, 0.2) is 12.4 Å². The van der Waals surface area contributed by atoms with Crippen molar-refractivity contribution in [3.05, 3.63) is 30.1 Å². The molecule has 176 valence electrons.